The number of hydrogen-bond acceptors (Lipinski definition) is 2. The molecule has 1 N–H and O–H groups in total. The Labute approximate surface area is 102 Å². The summed E-state index contributed by atoms with van der Waals surface area (Å²) < 4.78 is 12.9. The highest BCUT2D eigenvalue weighted by Gasteiger charge is 2.08. The summed E-state index contributed by atoms with van der Waals surface area (Å²) in [6.07, 6.45) is 1.43. The van der Waals surface area contributed by atoms with Gasteiger partial charge in [-0.1, -0.05) is 17.7 Å². The molecule has 5 heteroatoms. The summed E-state index contributed by atoms with van der Waals surface area (Å²) in [7, 11) is 0. The molecule has 0 saturated carbocycles. The van der Waals surface area contributed by atoms with E-state index >= 15 is 0 Å². The third-order valence-electron chi connectivity index (χ3n) is 2.04. The Morgan fingerprint density at radius 3 is 2.82 bits per heavy atom. The average molecular weight is 251 g/mol. The molecular formula is C12H8ClFN2O. The van der Waals surface area contributed by atoms with E-state index in [4.69, 9.17) is 11.6 Å². The van der Waals surface area contributed by atoms with E-state index in [0.29, 0.717) is 10.7 Å². The second kappa shape index (κ2) is 4.93. The monoisotopic (exact) mass is 250 g/mol. The van der Waals surface area contributed by atoms with Crippen molar-refractivity contribution in [2.75, 3.05) is 5.32 Å². The van der Waals surface area contributed by atoms with Crippen LogP contribution in [0.2, 0.25) is 5.02 Å². The lowest BCUT2D eigenvalue weighted by molar-refractivity contribution is 0.102. The molecule has 2 rings (SSSR count). The van der Waals surface area contributed by atoms with E-state index in [1.165, 1.54) is 30.5 Å². The first-order valence-corrected chi connectivity index (χ1v) is 5.21. The second-order valence-corrected chi connectivity index (χ2v) is 3.76. The number of amides is 1. The van der Waals surface area contributed by atoms with Gasteiger partial charge >= 0.3 is 0 Å². The fraction of sp³-hybridized carbons (Fsp3) is 0. The number of nitrogens with zero attached hydrogens (tertiary/aromatic N) is 1. The summed E-state index contributed by atoms with van der Waals surface area (Å²) >= 11 is 5.74. The summed E-state index contributed by atoms with van der Waals surface area (Å²) in [6.45, 7) is 0. The van der Waals surface area contributed by atoms with Gasteiger partial charge in [0.05, 0.1) is 0 Å². The number of anilines is 1. The van der Waals surface area contributed by atoms with Gasteiger partial charge in [0, 0.05) is 16.9 Å². The number of halogens is 2. The maximum absolute atomic E-state index is 12.9. The minimum absolute atomic E-state index is 0.182. The van der Waals surface area contributed by atoms with Crippen LogP contribution in [0.3, 0.4) is 0 Å². The van der Waals surface area contributed by atoms with Gasteiger partial charge in [-0.15, -0.1) is 0 Å². The summed E-state index contributed by atoms with van der Waals surface area (Å²) in [5.74, 6) is -0.847. The molecule has 0 aliphatic rings. The predicted octanol–water partition coefficient (Wildman–Crippen LogP) is 3.13. The summed E-state index contributed by atoms with van der Waals surface area (Å²) in [4.78, 5) is 15.6. The molecule has 1 aromatic heterocycles. The first-order chi connectivity index (χ1) is 8.15. The number of benzene rings is 1. The summed E-state index contributed by atoms with van der Waals surface area (Å²) in [5.41, 5.74) is 0.554. The lowest BCUT2D eigenvalue weighted by atomic mass is 10.3. The Bertz CT molecular complexity index is 560. The first kappa shape index (κ1) is 11.5. The zero-order valence-electron chi connectivity index (χ0n) is 8.65. The minimum Gasteiger partial charge on any atom is -0.321 e. The molecule has 1 amide bonds. The molecule has 0 fully saturated rings. The van der Waals surface area contributed by atoms with Crippen LogP contribution in [-0.2, 0) is 0 Å². The number of nitrogens with one attached hydrogen (secondary N) is 1. The number of pyridine rings is 1. The third-order valence-corrected chi connectivity index (χ3v) is 2.27. The molecule has 0 saturated heterocycles. The van der Waals surface area contributed by atoms with Gasteiger partial charge in [0.1, 0.15) is 11.5 Å². The zero-order valence-corrected chi connectivity index (χ0v) is 9.41. The van der Waals surface area contributed by atoms with Crippen LogP contribution in [0.1, 0.15) is 10.5 Å². The standard InChI is InChI=1S/C12H8ClFN2O/c13-8-4-5-15-11(6-8)12(17)16-10-3-1-2-9(14)7-10/h1-7H,(H,16,17). The third kappa shape index (κ3) is 3.01. The van der Waals surface area contributed by atoms with Crippen molar-refractivity contribution in [1.82, 2.24) is 4.98 Å². The molecule has 1 heterocycles. The molecule has 0 radical (unpaired) electrons. The number of carbonyl (C=O) groups is 1. The number of carbonyl (C=O) groups excluding carboxylic acids is 1. The molecular weight excluding hydrogens is 243 g/mol. The molecule has 0 bridgehead atoms. The van der Waals surface area contributed by atoms with Crippen LogP contribution in [0, 0.1) is 5.82 Å². The van der Waals surface area contributed by atoms with Gasteiger partial charge in [-0.05, 0) is 30.3 Å². The Morgan fingerprint density at radius 1 is 1.29 bits per heavy atom. The molecule has 0 spiro atoms. The highest BCUT2D eigenvalue weighted by atomic mass is 35.5. The van der Waals surface area contributed by atoms with E-state index in [0.717, 1.165) is 0 Å². The van der Waals surface area contributed by atoms with Crippen LogP contribution >= 0.6 is 11.6 Å². The van der Waals surface area contributed by atoms with E-state index in [2.05, 4.69) is 10.3 Å². The van der Waals surface area contributed by atoms with Gasteiger partial charge in [-0.2, -0.15) is 0 Å². The van der Waals surface area contributed by atoms with Gasteiger partial charge in [0.2, 0.25) is 0 Å². The first-order valence-electron chi connectivity index (χ1n) is 4.83. The number of aromatic nitrogens is 1. The lowest BCUT2D eigenvalue weighted by Crippen LogP contribution is -2.13. The van der Waals surface area contributed by atoms with Crippen molar-refractivity contribution in [3.63, 3.8) is 0 Å². The van der Waals surface area contributed by atoms with Crippen molar-refractivity contribution >= 4 is 23.2 Å². The smallest absolute Gasteiger partial charge is 0.274 e. The Kier molecular flexibility index (Phi) is 3.35. The van der Waals surface area contributed by atoms with Crippen LogP contribution in [0.5, 0.6) is 0 Å². The van der Waals surface area contributed by atoms with Gasteiger partial charge in [-0.3, -0.25) is 9.78 Å². The highest BCUT2D eigenvalue weighted by Crippen LogP contribution is 2.12. The Morgan fingerprint density at radius 2 is 2.12 bits per heavy atom. The highest BCUT2D eigenvalue weighted by molar-refractivity contribution is 6.30. The Balaban J connectivity index is 2.17. The SMILES string of the molecule is O=C(Nc1cccc(F)c1)c1cc(Cl)ccn1. The van der Waals surface area contributed by atoms with Crippen molar-refractivity contribution < 1.29 is 9.18 Å². The quantitative estimate of drug-likeness (QED) is 0.890. The summed E-state index contributed by atoms with van der Waals surface area (Å²) in [5, 5.41) is 2.95. The molecule has 17 heavy (non-hydrogen) atoms. The fourth-order valence-corrected chi connectivity index (χ4v) is 1.45. The van der Waals surface area contributed by atoms with Crippen molar-refractivity contribution in [3.05, 3.63) is 59.1 Å². The zero-order chi connectivity index (χ0) is 12.3. The molecule has 0 atom stereocenters. The van der Waals surface area contributed by atoms with E-state index in [1.54, 1.807) is 12.1 Å². The topological polar surface area (TPSA) is 42.0 Å². The maximum Gasteiger partial charge on any atom is 0.274 e. The van der Waals surface area contributed by atoms with E-state index in [9.17, 15) is 9.18 Å². The molecule has 0 unspecified atom stereocenters. The van der Waals surface area contributed by atoms with Crippen LogP contribution < -0.4 is 5.32 Å². The van der Waals surface area contributed by atoms with Crippen LogP contribution in [0.25, 0.3) is 0 Å². The van der Waals surface area contributed by atoms with E-state index in [-0.39, 0.29) is 5.69 Å². The molecule has 3 nitrogen and oxygen atoms in total. The summed E-state index contributed by atoms with van der Waals surface area (Å²) in [6, 6.07) is 8.63. The average Bonchev–Trinajstić information content (AvgIpc) is 2.29. The van der Waals surface area contributed by atoms with Gasteiger partial charge < -0.3 is 5.32 Å². The van der Waals surface area contributed by atoms with Crippen molar-refractivity contribution in [1.29, 1.82) is 0 Å². The predicted molar refractivity (Wildman–Crippen MR) is 63.6 cm³/mol. The normalized spacial score (nSPS) is 10.0. The molecule has 0 aliphatic carbocycles. The van der Waals surface area contributed by atoms with Crippen LogP contribution in [0.4, 0.5) is 10.1 Å². The minimum atomic E-state index is -0.432. The lowest BCUT2D eigenvalue weighted by Gasteiger charge is -2.04. The van der Waals surface area contributed by atoms with Gasteiger partial charge in [-0.25, -0.2) is 4.39 Å². The molecule has 86 valence electrons. The molecule has 1 aromatic carbocycles. The second-order valence-electron chi connectivity index (χ2n) is 3.32. The van der Waals surface area contributed by atoms with E-state index < -0.39 is 11.7 Å². The van der Waals surface area contributed by atoms with Crippen molar-refractivity contribution in [2.45, 2.75) is 0 Å². The fourth-order valence-electron chi connectivity index (χ4n) is 1.29. The van der Waals surface area contributed by atoms with Crippen LogP contribution in [0.15, 0.2) is 42.6 Å². The van der Waals surface area contributed by atoms with Gasteiger partial charge in [0.25, 0.3) is 5.91 Å². The maximum atomic E-state index is 12.9. The van der Waals surface area contributed by atoms with E-state index in [1.807, 2.05) is 0 Å². The number of rotatable bonds is 2. The number of hydrogen-bond donors (Lipinski definition) is 1. The molecule has 0 aliphatic heterocycles. The van der Waals surface area contributed by atoms with Crippen molar-refractivity contribution in [3.8, 4) is 0 Å². The van der Waals surface area contributed by atoms with Crippen LogP contribution in [-0.4, -0.2) is 10.9 Å². The molecule has 2 aromatic rings. The Hall–Kier alpha value is -1.94. The van der Waals surface area contributed by atoms with Crippen molar-refractivity contribution in [2.24, 2.45) is 0 Å². The largest absolute Gasteiger partial charge is 0.321 e. The van der Waals surface area contributed by atoms with Gasteiger partial charge in [0.15, 0.2) is 0 Å².